The Bertz CT molecular complexity index is 674. The first kappa shape index (κ1) is 20.2. The number of hydrogen-bond acceptors (Lipinski definition) is 4. The second-order valence-electron chi connectivity index (χ2n) is 8.87. The molecule has 3 rings (SSSR count). The Kier molecular flexibility index (Phi) is 6.16. The molecule has 2 heterocycles. The van der Waals surface area contributed by atoms with Crippen molar-refractivity contribution >= 4 is 23.6 Å². The SMILES string of the molecule is CC(C)(C)CC(=O)N1CSCC1C(=O)N1C[C@@H](CN)[C@H](c2ccccc2)C1. The molecule has 3 atom stereocenters. The Hall–Kier alpha value is -1.53. The molecule has 0 spiro atoms. The molecule has 2 amide bonds. The summed E-state index contributed by atoms with van der Waals surface area (Å²) in [5, 5.41) is 0. The third-order valence-corrected chi connectivity index (χ3v) is 6.46. The molecule has 2 aliphatic heterocycles. The second kappa shape index (κ2) is 8.23. The number of carbonyl (C=O) groups excluding carboxylic acids is 2. The van der Waals surface area contributed by atoms with Crippen molar-refractivity contribution in [2.75, 3.05) is 31.3 Å². The van der Waals surface area contributed by atoms with Crippen molar-refractivity contribution in [2.45, 2.75) is 39.2 Å². The van der Waals surface area contributed by atoms with E-state index in [1.807, 2.05) is 23.1 Å². The van der Waals surface area contributed by atoms with Crippen LogP contribution in [-0.4, -0.2) is 58.9 Å². The lowest BCUT2D eigenvalue weighted by atomic mass is 9.89. The van der Waals surface area contributed by atoms with Crippen molar-refractivity contribution in [2.24, 2.45) is 17.1 Å². The molecule has 0 bridgehead atoms. The number of rotatable bonds is 4. The van der Waals surface area contributed by atoms with E-state index in [4.69, 9.17) is 5.73 Å². The maximum atomic E-state index is 13.2. The number of carbonyl (C=O) groups is 2. The fraction of sp³-hybridized carbons (Fsp3) is 0.619. The van der Waals surface area contributed by atoms with Gasteiger partial charge in [-0.3, -0.25) is 9.59 Å². The molecule has 2 saturated heterocycles. The predicted octanol–water partition coefficient (Wildman–Crippen LogP) is 2.53. The van der Waals surface area contributed by atoms with E-state index in [2.05, 4.69) is 32.9 Å². The van der Waals surface area contributed by atoms with Crippen molar-refractivity contribution < 1.29 is 9.59 Å². The molecule has 2 fully saturated rings. The Morgan fingerprint density at radius 1 is 1.19 bits per heavy atom. The Balaban J connectivity index is 1.71. The van der Waals surface area contributed by atoms with Gasteiger partial charge in [-0.05, 0) is 23.4 Å². The van der Waals surface area contributed by atoms with Gasteiger partial charge in [-0.15, -0.1) is 11.8 Å². The van der Waals surface area contributed by atoms with Gasteiger partial charge in [-0.25, -0.2) is 0 Å². The summed E-state index contributed by atoms with van der Waals surface area (Å²) in [6.07, 6.45) is 0.468. The molecule has 0 aromatic heterocycles. The number of benzene rings is 1. The molecule has 0 saturated carbocycles. The summed E-state index contributed by atoms with van der Waals surface area (Å²) in [7, 11) is 0. The molecule has 2 aliphatic rings. The summed E-state index contributed by atoms with van der Waals surface area (Å²) in [5.74, 6) is 2.01. The highest BCUT2D eigenvalue weighted by molar-refractivity contribution is 7.99. The van der Waals surface area contributed by atoms with E-state index in [0.717, 1.165) is 0 Å². The summed E-state index contributed by atoms with van der Waals surface area (Å²) < 4.78 is 0. The lowest BCUT2D eigenvalue weighted by molar-refractivity contribution is -0.143. The van der Waals surface area contributed by atoms with Crippen LogP contribution in [-0.2, 0) is 9.59 Å². The van der Waals surface area contributed by atoms with Crippen molar-refractivity contribution in [1.29, 1.82) is 0 Å². The first-order chi connectivity index (χ1) is 12.8. The van der Waals surface area contributed by atoms with E-state index >= 15 is 0 Å². The van der Waals surface area contributed by atoms with Crippen LogP contribution in [0.15, 0.2) is 30.3 Å². The van der Waals surface area contributed by atoms with Crippen molar-refractivity contribution in [3.63, 3.8) is 0 Å². The first-order valence-electron chi connectivity index (χ1n) is 9.71. The fourth-order valence-corrected chi connectivity index (χ4v) is 5.20. The van der Waals surface area contributed by atoms with Gasteiger partial charge in [0.1, 0.15) is 6.04 Å². The van der Waals surface area contributed by atoms with E-state index in [1.54, 1.807) is 16.7 Å². The lowest BCUT2D eigenvalue weighted by Gasteiger charge is -2.29. The monoisotopic (exact) mass is 389 g/mol. The number of nitrogens with zero attached hydrogens (tertiary/aromatic N) is 2. The summed E-state index contributed by atoms with van der Waals surface area (Å²) in [6, 6.07) is 9.98. The van der Waals surface area contributed by atoms with Crippen molar-refractivity contribution in [3.8, 4) is 0 Å². The second-order valence-corrected chi connectivity index (χ2v) is 9.87. The predicted molar refractivity (Wildman–Crippen MR) is 110 cm³/mol. The third kappa shape index (κ3) is 4.66. The maximum absolute atomic E-state index is 13.2. The van der Waals surface area contributed by atoms with E-state index in [9.17, 15) is 9.59 Å². The number of thioether (sulfide) groups is 1. The Labute approximate surface area is 166 Å². The fourth-order valence-electron chi connectivity index (χ4n) is 4.03. The minimum atomic E-state index is -0.335. The minimum Gasteiger partial charge on any atom is -0.340 e. The van der Waals surface area contributed by atoms with E-state index in [-0.39, 0.29) is 35.1 Å². The largest absolute Gasteiger partial charge is 0.340 e. The Morgan fingerprint density at radius 3 is 2.52 bits per heavy atom. The summed E-state index contributed by atoms with van der Waals surface area (Å²) >= 11 is 1.67. The minimum absolute atomic E-state index is 0.0748. The number of nitrogens with two attached hydrogens (primary N) is 1. The van der Waals surface area contributed by atoms with Gasteiger partial charge in [-0.2, -0.15) is 0 Å². The van der Waals surface area contributed by atoms with Gasteiger partial charge < -0.3 is 15.5 Å². The molecule has 2 N–H and O–H groups in total. The van der Waals surface area contributed by atoms with Crippen LogP contribution < -0.4 is 5.73 Å². The van der Waals surface area contributed by atoms with Crippen LogP contribution in [0.25, 0.3) is 0 Å². The van der Waals surface area contributed by atoms with Crippen LogP contribution in [0.5, 0.6) is 0 Å². The van der Waals surface area contributed by atoms with Gasteiger partial charge in [0, 0.05) is 31.2 Å². The zero-order valence-electron chi connectivity index (χ0n) is 16.6. The average molecular weight is 390 g/mol. The molecule has 1 aromatic rings. The molecule has 1 aromatic carbocycles. The van der Waals surface area contributed by atoms with Gasteiger partial charge in [0.15, 0.2) is 0 Å². The van der Waals surface area contributed by atoms with Crippen molar-refractivity contribution in [1.82, 2.24) is 9.80 Å². The molecule has 148 valence electrons. The standard InChI is InChI=1S/C21H31N3O2S/c1-21(2,3)9-19(25)24-14-27-13-18(24)20(26)23-11-16(10-22)17(12-23)15-7-5-4-6-8-15/h4-8,16-18H,9-14,22H2,1-3H3/t16-,17+,18?/m1/s1. The Morgan fingerprint density at radius 2 is 1.89 bits per heavy atom. The van der Waals surface area contributed by atoms with Gasteiger partial charge >= 0.3 is 0 Å². The molecule has 1 unspecified atom stereocenters. The van der Waals surface area contributed by atoms with E-state index in [1.165, 1.54) is 5.56 Å². The maximum Gasteiger partial charge on any atom is 0.246 e. The molecule has 6 heteroatoms. The van der Waals surface area contributed by atoms with Gasteiger partial charge in [-0.1, -0.05) is 51.1 Å². The normalized spacial score (nSPS) is 25.9. The van der Waals surface area contributed by atoms with E-state index in [0.29, 0.717) is 37.7 Å². The van der Waals surface area contributed by atoms with Crippen LogP contribution in [0.4, 0.5) is 0 Å². The van der Waals surface area contributed by atoms with Crippen LogP contribution in [0.1, 0.15) is 38.7 Å². The molecular formula is C21H31N3O2S. The van der Waals surface area contributed by atoms with Crippen LogP contribution >= 0.6 is 11.8 Å². The average Bonchev–Trinajstić information content (AvgIpc) is 3.27. The topological polar surface area (TPSA) is 66.6 Å². The van der Waals surface area contributed by atoms with Crippen LogP contribution in [0.3, 0.4) is 0 Å². The lowest BCUT2D eigenvalue weighted by Crippen LogP contribution is -2.49. The van der Waals surface area contributed by atoms with Gasteiger partial charge in [0.2, 0.25) is 11.8 Å². The summed E-state index contributed by atoms with van der Waals surface area (Å²) in [6.45, 7) is 8.10. The third-order valence-electron chi connectivity index (χ3n) is 5.45. The zero-order chi connectivity index (χ0) is 19.6. The number of amides is 2. The molecule has 0 radical (unpaired) electrons. The molecule has 0 aliphatic carbocycles. The van der Waals surface area contributed by atoms with Gasteiger partial charge in [0.05, 0.1) is 5.88 Å². The van der Waals surface area contributed by atoms with Crippen LogP contribution in [0.2, 0.25) is 0 Å². The highest BCUT2D eigenvalue weighted by atomic mass is 32.2. The molecule has 27 heavy (non-hydrogen) atoms. The highest BCUT2D eigenvalue weighted by Crippen LogP contribution is 2.34. The summed E-state index contributed by atoms with van der Waals surface area (Å²) in [5.41, 5.74) is 7.18. The highest BCUT2D eigenvalue weighted by Gasteiger charge is 2.42. The quantitative estimate of drug-likeness (QED) is 0.859. The van der Waals surface area contributed by atoms with Crippen molar-refractivity contribution in [3.05, 3.63) is 35.9 Å². The summed E-state index contributed by atoms with van der Waals surface area (Å²) in [4.78, 5) is 29.7. The smallest absolute Gasteiger partial charge is 0.246 e. The number of hydrogen-bond donors (Lipinski definition) is 1. The first-order valence-corrected chi connectivity index (χ1v) is 10.9. The molecule has 5 nitrogen and oxygen atoms in total. The zero-order valence-corrected chi connectivity index (χ0v) is 17.4. The van der Waals surface area contributed by atoms with Gasteiger partial charge in [0.25, 0.3) is 0 Å². The molecular weight excluding hydrogens is 358 g/mol. The number of likely N-dealkylation sites (tertiary alicyclic amines) is 1. The van der Waals surface area contributed by atoms with Crippen LogP contribution in [0, 0.1) is 11.3 Å². The van der Waals surface area contributed by atoms with E-state index < -0.39 is 0 Å².